The van der Waals surface area contributed by atoms with Crippen LogP contribution >= 0.6 is 11.6 Å². The zero-order chi connectivity index (χ0) is 14.0. The number of carbonyl (C=O) groups is 2. The van der Waals surface area contributed by atoms with Crippen molar-refractivity contribution in [3.05, 3.63) is 34.9 Å². The molecule has 0 saturated carbocycles. The smallest absolute Gasteiger partial charge is 0.310 e. The van der Waals surface area contributed by atoms with Gasteiger partial charge in [-0.3, -0.25) is 15.4 Å². The Balaban J connectivity index is 2.02. The summed E-state index contributed by atoms with van der Waals surface area (Å²) in [7, 11) is 1.54. The van der Waals surface area contributed by atoms with Gasteiger partial charge in [0.15, 0.2) is 0 Å². The largest absolute Gasteiger partial charge is 0.325 e. The molecule has 1 aromatic rings. The molecule has 2 atom stereocenters. The number of hydrogen-bond donors (Lipinski definition) is 3. The molecule has 1 heterocycles. The summed E-state index contributed by atoms with van der Waals surface area (Å²) in [5.74, 6) is -0.419. The number of halogens is 1. The fraction of sp³-hybridized carbons (Fsp3) is 0.333. The standard InChI is InChI=1S/C12H15ClN4O2/c1-17-10(14)9(11(18)16-12(17)19)15-6-7-3-2-4-8(13)5-7/h2-5,9-10,15H,6,14H2,1H3,(H,16,18,19). The summed E-state index contributed by atoms with van der Waals surface area (Å²) in [6.45, 7) is 0.439. The molecule has 1 fully saturated rings. The van der Waals surface area contributed by atoms with Crippen LogP contribution in [0.15, 0.2) is 24.3 Å². The lowest BCUT2D eigenvalue weighted by atomic mass is 10.1. The highest BCUT2D eigenvalue weighted by atomic mass is 35.5. The number of nitrogens with one attached hydrogen (secondary N) is 2. The maximum atomic E-state index is 11.7. The van der Waals surface area contributed by atoms with Gasteiger partial charge in [0.2, 0.25) is 5.91 Å². The molecule has 1 aliphatic heterocycles. The molecule has 0 aromatic heterocycles. The highest BCUT2D eigenvalue weighted by Crippen LogP contribution is 2.11. The first-order valence-electron chi connectivity index (χ1n) is 5.80. The Hall–Kier alpha value is -1.63. The summed E-state index contributed by atoms with van der Waals surface area (Å²) in [5.41, 5.74) is 6.79. The lowest BCUT2D eigenvalue weighted by Crippen LogP contribution is -2.68. The Morgan fingerprint density at radius 1 is 1.47 bits per heavy atom. The van der Waals surface area contributed by atoms with E-state index in [9.17, 15) is 9.59 Å². The molecule has 0 bridgehead atoms. The average molecular weight is 283 g/mol. The molecule has 3 amide bonds. The van der Waals surface area contributed by atoms with Crippen molar-refractivity contribution >= 4 is 23.5 Å². The minimum Gasteiger partial charge on any atom is -0.310 e. The van der Waals surface area contributed by atoms with Crippen molar-refractivity contribution < 1.29 is 9.59 Å². The summed E-state index contributed by atoms with van der Waals surface area (Å²) < 4.78 is 0. The zero-order valence-electron chi connectivity index (χ0n) is 10.4. The quantitative estimate of drug-likeness (QED) is 0.742. The van der Waals surface area contributed by atoms with Crippen LogP contribution in [0.2, 0.25) is 5.02 Å². The van der Waals surface area contributed by atoms with Gasteiger partial charge in [-0.15, -0.1) is 0 Å². The number of urea groups is 1. The summed E-state index contributed by atoms with van der Waals surface area (Å²) in [6.07, 6.45) is -0.694. The van der Waals surface area contributed by atoms with Crippen LogP contribution in [-0.2, 0) is 11.3 Å². The molecule has 1 aromatic carbocycles. The molecule has 102 valence electrons. The van der Waals surface area contributed by atoms with Crippen LogP contribution in [0.3, 0.4) is 0 Å². The number of benzene rings is 1. The first-order valence-corrected chi connectivity index (χ1v) is 6.18. The van der Waals surface area contributed by atoms with E-state index in [2.05, 4.69) is 10.6 Å². The SMILES string of the molecule is CN1C(=O)NC(=O)C(NCc2cccc(Cl)c2)C1N. The van der Waals surface area contributed by atoms with Gasteiger partial charge in [-0.05, 0) is 17.7 Å². The van der Waals surface area contributed by atoms with Gasteiger partial charge >= 0.3 is 6.03 Å². The average Bonchev–Trinajstić information content (AvgIpc) is 2.36. The second kappa shape index (κ2) is 5.56. The third-order valence-electron chi connectivity index (χ3n) is 3.04. The van der Waals surface area contributed by atoms with Gasteiger partial charge in [0.1, 0.15) is 12.2 Å². The normalized spacial score (nSPS) is 23.4. The van der Waals surface area contributed by atoms with E-state index in [1.54, 1.807) is 19.2 Å². The first-order chi connectivity index (χ1) is 8.99. The third-order valence-corrected chi connectivity index (χ3v) is 3.27. The van der Waals surface area contributed by atoms with E-state index in [0.717, 1.165) is 5.56 Å². The second-order valence-corrected chi connectivity index (χ2v) is 4.82. The van der Waals surface area contributed by atoms with E-state index < -0.39 is 24.1 Å². The fourth-order valence-electron chi connectivity index (χ4n) is 1.87. The van der Waals surface area contributed by atoms with Crippen molar-refractivity contribution in [2.24, 2.45) is 5.73 Å². The lowest BCUT2D eigenvalue weighted by molar-refractivity contribution is -0.125. The van der Waals surface area contributed by atoms with Gasteiger partial charge in [0.05, 0.1) is 0 Å². The number of hydrogen-bond acceptors (Lipinski definition) is 4. The van der Waals surface area contributed by atoms with Gasteiger partial charge in [-0.1, -0.05) is 23.7 Å². The van der Waals surface area contributed by atoms with Gasteiger partial charge in [-0.25, -0.2) is 4.79 Å². The molecule has 1 saturated heterocycles. The molecule has 2 unspecified atom stereocenters. The van der Waals surface area contributed by atoms with Crippen LogP contribution in [-0.4, -0.2) is 36.1 Å². The van der Waals surface area contributed by atoms with E-state index in [1.807, 2.05) is 12.1 Å². The monoisotopic (exact) mass is 282 g/mol. The van der Waals surface area contributed by atoms with E-state index in [-0.39, 0.29) is 0 Å². The molecule has 6 nitrogen and oxygen atoms in total. The van der Waals surface area contributed by atoms with Crippen molar-refractivity contribution in [1.29, 1.82) is 0 Å². The molecule has 4 N–H and O–H groups in total. The molecule has 7 heteroatoms. The van der Waals surface area contributed by atoms with Crippen molar-refractivity contribution in [3.63, 3.8) is 0 Å². The first kappa shape index (κ1) is 13.8. The molecule has 19 heavy (non-hydrogen) atoms. The lowest BCUT2D eigenvalue weighted by Gasteiger charge is -2.35. The second-order valence-electron chi connectivity index (χ2n) is 4.38. The molecule has 0 spiro atoms. The van der Waals surface area contributed by atoms with E-state index in [0.29, 0.717) is 11.6 Å². The number of nitrogens with zero attached hydrogens (tertiary/aromatic N) is 1. The van der Waals surface area contributed by atoms with Crippen LogP contribution in [0.4, 0.5) is 4.79 Å². The van der Waals surface area contributed by atoms with Crippen LogP contribution < -0.4 is 16.4 Å². The van der Waals surface area contributed by atoms with Crippen LogP contribution in [0.1, 0.15) is 5.56 Å². The van der Waals surface area contributed by atoms with Crippen molar-refractivity contribution in [1.82, 2.24) is 15.5 Å². The van der Waals surface area contributed by atoms with Gasteiger partial charge in [0, 0.05) is 18.6 Å². The molecule has 0 aliphatic carbocycles. The summed E-state index contributed by atoms with van der Waals surface area (Å²) >= 11 is 5.88. The summed E-state index contributed by atoms with van der Waals surface area (Å²) in [4.78, 5) is 24.4. The highest BCUT2D eigenvalue weighted by Gasteiger charge is 2.36. The van der Waals surface area contributed by atoms with Gasteiger partial charge in [-0.2, -0.15) is 0 Å². The van der Waals surface area contributed by atoms with Gasteiger partial charge < -0.3 is 10.6 Å². The topological polar surface area (TPSA) is 87.5 Å². The number of likely N-dealkylation sites (N-methyl/N-ethyl adjacent to an activating group) is 1. The molecule has 2 rings (SSSR count). The number of carbonyl (C=O) groups excluding carboxylic acids is 2. The van der Waals surface area contributed by atoms with E-state index in [4.69, 9.17) is 17.3 Å². The van der Waals surface area contributed by atoms with Crippen LogP contribution in [0.5, 0.6) is 0 Å². The number of imide groups is 1. The minimum atomic E-state index is -0.694. The van der Waals surface area contributed by atoms with Crippen molar-refractivity contribution in [2.45, 2.75) is 18.8 Å². The Morgan fingerprint density at radius 2 is 2.21 bits per heavy atom. The molecular weight excluding hydrogens is 268 g/mol. The van der Waals surface area contributed by atoms with Crippen LogP contribution in [0, 0.1) is 0 Å². The number of nitrogens with two attached hydrogens (primary N) is 1. The zero-order valence-corrected chi connectivity index (χ0v) is 11.1. The fourth-order valence-corrected chi connectivity index (χ4v) is 2.09. The minimum absolute atomic E-state index is 0.419. The maximum absolute atomic E-state index is 11.7. The molecule has 1 aliphatic rings. The maximum Gasteiger partial charge on any atom is 0.325 e. The van der Waals surface area contributed by atoms with Gasteiger partial charge in [0.25, 0.3) is 0 Å². The van der Waals surface area contributed by atoms with E-state index in [1.165, 1.54) is 4.90 Å². The molecule has 0 radical (unpaired) electrons. The predicted molar refractivity (Wildman–Crippen MR) is 71.4 cm³/mol. The number of amides is 3. The Kier molecular flexibility index (Phi) is 4.04. The van der Waals surface area contributed by atoms with Crippen molar-refractivity contribution in [3.8, 4) is 0 Å². The summed E-state index contributed by atoms with van der Waals surface area (Å²) in [6, 6.07) is 6.15. The van der Waals surface area contributed by atoms with Crippen LogP contribution in [0.25, 0.3) is 0 Å². The number of rotatable bonds is 3. The Labute approximate surface area is 115 Å². The predicted octanol–water partition coefficient (Wildman–Crippen LogP) is 0.265. The summed E-state index contributed by atoms with van der Waals surface area (Å²) in [5, 5.41) is 5.89. The Bertz CT molecular complexity index is 508. The highest BCUT2D eigenvalue weighted by molar-refractivity contribution is 6.30. The molecular formula is C12H15ClN4O2. The van der Waals surface area contributed by atoms with Crippen molar-refractivity contribution in [2.75, 3.05) is 7.05 Å². The van der Waals surface area contributed by atoms with E-state index >= 15 is 0 Å². The third kappa shape index (κ3) is 3.04. The Morgan fingerprint density at radius 3 is 2.89 bits per heavy atom.